The van der Waals surface area contributed by atoms with Gasteiger partial charge >= 0.3 is 0 Å². The van der Waals surface area contributed by atoms with Crippen molar-refractivity contribution in [3.63, 3.8) is 0 Å². The summed E-state index contributed by atoms with van der Waals surface area (Å²) in [5.74, 6) is 0.480. The molecule has 0 aliphatic carbocycles. The molecule has 0 unspecified atom stereocenters. The van der Waals surface area contributed by atoms with Crippen molar-refractivity contribution in [1.29, 1.82) is 0 Å². The van der Waals surface area contributed by atoms with Gasteiger partial charge in [0.1, 0.15) is 15.9 Å². The van der Waals surface area contributed by atoms with Gasteiger partial charge in [-0.3, -0.25) is 0 Å². The summed E-state index contributed by atoms with van der Waals surface area (Å²) >= 11 is 12.9. The lowest BCUT2D eigenvalue weighted by atomic mass is 10.2. The highest BCUT2D eigenvalue weighted by Gasteiger charge is 2.52. The van der Waals surface area contributed by atoms with Crippen molar-refractivity contribution in [2.75, 3.05) is 0 Å². The van der Waals surface area contributed by atoms with E-state index in [1.54, 1.807) is 0 Å². The van der Waals surface area contributed by atoms with Gasteiger partial charge in [0.05, 0.1) is 0 Å². The average molecular weight is 575 g/mol. The van der Waals surface area contributed by atoms with Gasteiger partial charge in [0, 0.05) is 10.6 Å². The van der Waals surface area contributed by atoms with Crippen molar-refractivity contribution in [3.05, 3.63) is 126 Å². The van der Waals surface area contributed by atoms with Crippen molar-refractivity contribution in [2.24, 2.45) is 0 Å². The molecule has 4 aromatic carbocycles. The maximum atomic E-state index is 8.49. The van der Waals surface area contributed by atoms with Gasteiger partial charge in [0.2, 0.25) is 5.89 Å². The number of oxazole rings is 1. The largest absolute Gasteiger partial charge is 0.420 e. The van der Waals surface area contributed by atoms with Crippen LogP contribution in [0, 0.1) is 10.2 Å². The second-order valence-corrected chi connectivity index (χ2v) is 12.5. The highest BCUT2D eigenvalue weighted by Crippen LogP contribution is 2.55. The number of halogens is 3. The Bertz CT molecular complexity index is 1330. The van der Waals surface area contributed by atoms with Crippen molar-refractivity contribution in [2.45, 2.75) is 0 Å². The fraction of sp³-hybridized carbons (Fsp3) is 0. The Morgan fingerprint density at radius 3 is 1.35 bits per heavy atom. The molecular weight excluding hydrogens is 556 g/mol. The summed E-state index contributed by atoms with van der Waals surface area (Å²) in [6.45, 7) is 0. The smallest absolute Gasteiger partial charge is 0.259 e. The molecule has 0 N–H and O–H groups in total. The SMILES string of the molecule is Clc1ccc(-c2nc([P+](c3ccccc3)(c3ccccc3)c3ccccc3)c(Cl)o2)cc1.[O-][Cl+3]([O-])([O-])[O-]. The van der Waals surface area contributed by atoms with E-state index in [0.717, 1.165) is 26.9 Å². The Labute approximate surface area is 226 Å². The summed E-state index contributed by atoms with van der Waals surface area (Å²) in [6, 6.07) is 38.8. The third kappa shape index (κ3) is 6.39. The normalized spacial score (nSPS) is 11.5. The Kier molecular flexibility index (Phi) is 8.65. The average Bonchev–Trinajstić information content (AvgIpc) is 3.28. The predicted molar refractivity (Wildman–Crippen MR) is 137 cm³/mol. The van der Waals surface area contributed by atoms with Crippen LogP contribution >= 0.6 is 30.5 Å². The molecule has 0 spiro atoms. The van der Waals surface area contributed by atoms with Crippen LogP contribution in [-0.2, 0) is 0 Å². The predicted octanol–water partition coefficient (Wildman–Crippen LogP) is 1.51. The van der Waals surface area contributed by atoms with E-state index in [9.17, 15) is 0 Å². The summed E-state index contributed by atoms with van der Waals surface area (Å²) in [5.41, 5.74) is 1.59. The fourth-order valence-corrected chi connectivity index (χ4v) is 8.64. The van der Waals surface area contributed by atoms with Crippen LogP contribution < -0.4 is 40.0 Å². The molecule has 6 nitrogen and oxygen atoms in total. The molecule has 0 aliphatic rings. The quantitative estimate of drug-likeness (QED) is 0.294. The van der Waals surface area contributed by atoms with Crippen molar-refractivity contribution < 1.29 is 33.3 Å². The molecule has 0 fully saturated rings. The van der Waals surface area contributed by atoms with Crippen molar-refractivity contribution >= 4 is 51.8 Å². The minimum atomic E-state index is -4.94. The molecule has 1 aromatic heterocycles. The zero-order valence-corrected chi connectivity index (χ0v) is 22.2. The maximum Gasteiger partial charge on any atom is 0.259 e. The van der Waals surface area contributed by atoms with Crippen LogP contribution in [0.2, 0.25) is 10.2 Å². The van der Waals surface area contributed by atoms with E-state index in [1.807, 2.05) is 42.5 Å². The summed E-state index contributed by atoms with van der Waals surface area (Å²) in [5, 5.41) is 4.45. The second-order valence-electron chi connectivity index (χ2n) is 7.68. The Hall–Kier alpha value is -2.77. The van der Waals surface area contributed by atoms with Gasteiger partial charge in [-0.2, -0.15) is 4.98 Å². The molecule has 0 aliphatic heterocycles. The zero-order valence-electron chi connectivity index (χ0n) is 19.0. The summed E-state index contributed by atoms with van der Waals surface area (Å²) in [6.07, 6.45) is 0. The van der Waals surface area contributed by atoms with Crippen LogP contribution in [0.1, 0.15) is 0 Å². The lowest BCUT2D eigenvalue weighted by Gasteiger charge is -2.25. The van der Waals surface area contributed by atoms with Crippen molar-refractivity contribution in [3.8, 4) is 11.5 Å². The monoisotopic (exact) mass is 573 g/mol. The molecule has 188 valence electrons. The molecule has 0 radical (unpaired) electrons. The van der Waals surface area contributed by atoms with E-state index in [1.165, 1.54) is 0 Å². The highest BCUT2D eigenvalue weighted by molar-refractivity contribution is 8.01. The lowest BCUT2D eigenvalue weighted by molar-refractivity contribution is -2.00. The number of aromatic nitrogens is 1. The molecule has 1 heterocycles. The number of rotatable bonds is 5. The number of nitrogens with zero attached hydrogens (tertiary/aromatic N) is 1. The number of benzene rings is 4. The van der Waals surface area contributed by atoms with E-state index < -0.39 is 17.5 Å². The number of hydrogen-bond acceptors (Lipinski definition) is 6. The first kappa shape index (κ1) is 27.3. The first-order chi connectivity index (χ1) is 17.7. The van der Waals surface area contributed by atoms with Gasteiger partial charge in [-0.25, -0.2) is 18.6 Å². The van der Waals surface area contributed by atoms with Gasteiger partial charge in [-0.05, 0) is 72.3 Å². The van der Waals surface area contributed by atoms with Gasteiger partial charge < -0.3 is 4.42 Å². The van der Waals surface area contributed by atoms with Crippen LogP contribution in [0.25, 0.3) is 11.5 Å². The molecule has 10 heteroatoms. The maximum absolute atomic E-state index is 8.49. The van der Waals surface area contributed by atoms with E-state index in [2.05, 4.69) is 72.8 Å². The third-order valence-electron chi connectivity index (χ3n) is 5.41. The lowest BCUT2D eigenvalue weighted by Crippen LogP contribution is -2.68. The van der Waals surface area contributed by atoms with Crippen LogP contribution in [-0.4, -0.2) is 4.98 Å². The van der Waals surface area contributed by atoms with Gasteiger partial charge in [0.15, 0.2) is 7.26 Å². The standard InChI is InChI=1S/C27H19Cl2NOP.ClHO4/c28-21-18-16-20(17-19-21)26-30-27(25(29)31-26)32(22-10-4-1-5-11-22,23-12-6-2-7-13-23)24-14-8-3-9-15-24;2-1(3,4)5/h1-19H;(H,2,3,4,5)/q+1;/p-1. The van der Waals surface area contributed by atoms with Crippen LogP contribution in [0.5, 0.6) is 0 Å². The third-order valence-corrected chi connectivity index (χ3v) is 10.2. The van der Waals surface area contributed by atoms with Crippen LogP contribution in [0.4, 0.5) is 0 Å². The van der Waals surface area contributed by atoms with Crippen LogP contribution in [0.15, 0.2) is 120 Å². The summed E-state index contributed by atoms with van der Waals surface area (Å²) < 4.78 is 40.0. The van der Waals surface area contributed by atoms with Gasteiger partial charge in [-0.1, -0.05) is 66.2 Å². The Morgan fingerprint density at radius 2 is 0.973 bits per heavy atom. The molecular formula is C27H19Cl3NO5P. The second kappa shape index (κ2) is 11.7. The van der Waals surface area contributed by atoms with Gasteiger partial charge in [-0.15, -0.1) is 10.2 Å². The summed E-state index contributed by atoms with van der Waals surface area (Å²) in [7, 11) is -7.36. The van der Waals surface area contributed by atoms with E-state index >= 15 is 0 Å². The Morgan fingerprint density at radius 1 is 0.595 bits per heavy atom. The molecule has 5 rings (SSSR count). The van der Waals surface area contributed by atoms with Crippen molar-refractivity contribution in [1.82, 2.24) is 4.98 Å². The van der Waals surface area contributed by atoms with Crippen LogP contribution in [0.3, 0.4) is 0 Å². The molecule has 0 amide bonds. The molecule has 0 bridgehead atoms. The Balaban J connectivity index is 0.000000586. The highest BCUT2D eigenvalue weighted by atomic mass is 35.7. The van der Waals surface area contributed by atoms with Gasteiger partial charge in [0.25, 0.3) is 10.7 Å². The topological polar surface area (TPSA) is 118 Å². The van der Waals surface area contributed by atoms with E-state index in [-0.39, 0.29) is 0 Å². The van der Waals surface area contributed by atoms with E-state index in [4.69, 9.17) is 51.2 Å². The first-order valence-electron chi connectivity index (χ1n) is 10.8. The molecule has 0 saturated carbocycles. The fourth-order valence-electron chi connectivity index (χ4n) is 3.99. The molecule has 0 atom stereocenters. The minimum Gasteiger partial charge on any atom is -0.420 e. The summed E-state index contributed by atoms with van der Waals surface area (Å²) in [4.78, 5) is 5.02. The molecule has 0 saturated heterocycles. The first-order valence-corrected chi connectivity index (χ1v) is 14.6. The minimum absolute atomic E-state index is 0.305. The zero-order chi connectivity index (χ0) is 26.5. The molecule has 5 aromatic rings. The molecule has 37 heavy (non-hydrogen) atoms. The van der Waals surface area contributed by atoms with E-state index in [0.29, 0.717) is 16.1 Å². The number of hydrogen-bond donors (Lipinski definition) is 0.